The first-order valence-corrected chi connectivity index (χ1v) is 7.17. The molecule has 0 radical (unpaired) electrons. The van der Waals surface area contributed by atoms with Crippen LogP contribution in [-0.4, -0.2) is 0 Å². The van der Waals surface area contributed by atoms with E-state index in [9.17, 15) is 0 Å². The molecule has 1 saturated carbocycles. The van der Waals surface area contributed by atoms with Gasteiger partial charge in [0, 0.05) is 3.57 Å². The molecule has 0 atom stereocenters. The molecule has 15 heavy (non-hydrogen) atoms. The van der Waals surface area contributed by atoms with Gasteiger partial charge in [0.1, 0.15) is 0 Å². The van der Waals surface area contributed by atoms with Gasteiger partial charge < -0.3 is 0 Å². The van der Waals surface area contributed by atoms with Crippen LogP contribution in [0.3, 0.4) is 0 Å². The molecular weight excluding hydrogens is 295 g/mol. The standard InChI is InChI=1S/C14H19I/c15-14-9-5-4-8-13(14)11-10-12-6-2-1-3-7-12/h4-5,8-9,12H,1-3,6-7,10-11H2. The zero-order valence-electron chi connectivity index (χ0n) is 9.21. The van der Waals surface area contributed by atoms with Gasteiger partial charge in [0.15, 0.2) is 0 Å². The third-order valence-electron chi connectivity index (χ3n) is 3.50. The predicted molar refractivity (Wildman–Crippen MR) is 74.1 cm³/mol. The van der Waals surface area contributed by atoms with E-state index in [1.165, 1.54) is 48.5 Å². The van der Waals surface area contributed by atoms with Crippen LogP contribution >= 0.6 is 22.6 Å². The molecule has 1 aromatic rings. The van der Waals surface area contributed by atoms with Gasteiger partial charge in [-0.2, -0.15) is 0 Å². The lowest BCUT2D eigenvalue weighted by atomic mass is 9.85. The topological polar surface area (TPSA) is 0 Å². The first-order chi connectivity index (χ1) is 7.36. The Balaban J connectivity index is 1.84. The van der Waals surface area contributed by atoms with E-state index in [0.29, 0.717) is 0 Å². The highest BCUT2D eigenvalue weighted by Crippen LogP contribution is 2.28. The second kappa shape index (κ2) is 5.88. The monoisotopic (exact) mass is 314 g/mol. The minimum absolute atomic E-state index is 1.01. The molecular formula is C14H19I. The number of hydrogen-bond acceptors (Lipinski definition) is 0. The van der Waals surface area contributed by atoms with Gasteiger partial charge in [-0.1, -0.05) is 50.3 Å². The summed E-state index contributed by atoms with van der Waals surface area (Å²) >= 11 is 2.45. The highest BCUT2D eigenvalue weighted by atomic mass is 127. The number of rotatable bonds is 3. The number of halogens is 1. The summed E-state index contributed by atoms with van der Waals surface area (Å²) in [4.78, 5) is 0. The molecule has 1 aliphatic rings. The third kappa shape index (κ3) is 3.47. The first kappa shape index (κ1) is 11.4. The van der Waals surface area contributed by atoms with Gasteiger partial charge in [0.05, 0.1) is 0 Å². The molecule has 1 aromatic carbocycles. The van der Waals surface area contributed by atoms with E-state index in [1.54, 1.807) is 5.56 Å². The first-order valence-electron chi connectivity index (χ1n) is 6.09. The number of benzene rings is 1. The molecule has 0 saturated heterocycles. The van der Waals surface area contributed by atoms with Gasteiger partial charge in [0.2, 0.25) is 0 Å². The Morgan fingerprint density at radius 2 is 1.80 bits per heavy atom. The fourth-order valence-electron chi connectivity index (χ4n) is 2.54. The Bertz CT molecular complexity index is 300. The summed E-state index contributed by atoms with van der Waals surface area (Å²) in [5, 5.41) is 0. The van der Waals surface area contributed by atoms with E-state index < -0.39 is 0 Å². The fraction of sp³-hybridized carbons (Fsp3) is 0.571. The Morgan fingerprint density at radius 1 is 1.07 bits per heavy atom. The lowest BCUT2D eigenvalue weighted by Gasteiger charge is -2.21. The Labute approximate surface area is 107 Å². The molecule has 0 unspecified atom stereocenters. The second-order valence-corrected chi connectivity index (χ2v) is 5.80. The molecule has 0 N–H and O–H groups in total. The third-order valence-corrected chi connectivity index (χ3v) is 4.56. The summed E-state index contributed by atoms with van der Waals surface area (Å²) in [6.07, 6.45) is 10.0. The van der Waals surface area contributed by atoms with Gasteiger partial charge in [-0.3, -0.25) is 0 Å². The highest BCUT2D eigenvalue weighted by molar-refractivity contribution is 14.1. The van der Waals surface area contributed by atoms with E-state index in [2.05, 4.69) is 46.9 Å². The maximum absolute atomic E-state index is 2.45. The molecule has 0 bridgehead atoms. The van der Waals surface area contributed by atoms with E-state index in [4.69, 9.17) is 0 Å². The maximum atomic E-state index is 2.45. The van der Waals surface area contributed by atoms with Gasteiger partial charge in [-0.05, 0) is 53.0 Å². The summed E-state index contributed by atoms with van der Waals surface area (Å²) in [5.41, 5.74) is 1.55. The number of aryl methyl sites for hydroxylation is 1. The lowest BCUT2D eigenvalue weighted by Crippen LogP contribution is -2.07. The maximum Gasteiger partial charge on any atom is 0.0162 e. The normalized spacial score (nSPS) is 17.9. The van der Waals surface area contributed by atoms with Crippen LogP contribution in [0.25, 0.3) is 0 Å². The van der Waals surface area contributed by atoms with Crippen molar-refractivity contribution in [2.45, 2.75) is 44.9 Å². The van der Waals surface area contributed by atoms with Crippen LogP contribution in [0.5, 0.6) is 0 Å². The molecule has 0 spiro atoms. The molecule has 82 valence electrons. The van der Waals surface area contributed by atoms with Crippen molar-refractivity contribution in [3.05, 3.63) is 33.4 Å². The Hall–Kier alpha value is -0.0500. The minimum Gasteiger partial charge on any atom is -0.0619 e. The van der Waals surface area contributed by atoms with Crippen LogP contribution in [0.1, 0.15) is 44.1 Å². The quantitative estimate of drug-likeness (QED) is 0.703. The van der Waals surface area contributed by atoms with Gasteiger partial charge in [-0.25, -0.2) is 0 Å². The molecule has 0 heterocycles. The van der Waals surface area contributed by atoms with Crippen LogP contribution in [0, 0.1) is 9.49 Å². The largest absolute Gasteiger partial charge is 0.0619 e. The average molecular weight is 314 g/mol. The van der Waals surface area contributed by atoms with E-state index in [0.717, 1.165) is 5.92 Å². The molecule has 0 aliphatic heterocycles. The summed E-state index contributed by atoms with van der Waals surface area (Å²) in [5.74, 6) is 1.01. The predicted octanol–water partition coefficient (Wildman–Crippen LogP) is 4.80. The van der Waals surface area contributed by atoms with Crippen molar-refractivity contribution < 1.29 is 0 Å². The summed E-state index contributed by atoms with van der Waals surface area (Å²) in [7, 11) is 0. The molecule has 0 nitrogen and oxygen atoms in total. The van der Waals surface area contributed by atoms with Gasteiger partial charge in [0.25, 0.3) is 0 Å². The fourth-order valence-corrected chi connectivity index (χ4v) is 3.19. The molecule has 1 aliphatic carbocycles. The zero-order chi connectivity index (χ0) is 10.5. The Kier molecular flexibility index (Phi) is 4.48. The van der Waals surface area contributed by atoms with Crippen molar-refractivity contribution in [1.29, 1.82) is 0 Å². The van der Waals surface area contributed by atoms with Crippen LogP contribution in [0.2, 0.25) is 0 Å². The second-order valence-electron chi connectivity index (χ2n) is 4.63. The zero-order valence-corrected chi connectivity index (χ0v) is 11.4. The molecule has 0 amide bonds. The SMILES string of the molecule is Ic1ccccc1CCC1CCCCC1. The van der Waals surface area contributed by atoms with Crippen molar-refractivity contribution in [3.63, 3.8) is 0 Å². The van der Waals surface area contributed by atoms with E-state index >= 15 is 0 Å². The summed E-state index contributed by atoms with van der Waals surface area (Å²) < 4.78 is 1.44. The van der Waals surface area contributed by atoms with Crippen molar-refractivity contribution >= 4 is 22.6 Å². The smallest absolute Gasteiger partial charge is 0.0162 e. The van der Waals surface area contributed by atoms with Gasteiger partial charge in [-0.15, -0.1) is 0 Å². The van der Waals surface area contributed by atoms with Crippen molar-refractivity contribution in [2.75, 3.05) is 0 Å². The van der Waals surface area contributed by atoms with Crippen LogP contribution in [0.4, 0.5) is 0 Å². The van der Waals surface area contributed by atoms with Crippen LogP contribution < -0.4 is 0 Å². The molecule has 0 aromatic heterocycles. The number of hydrogen-bond donors (Lipinski definition) is 0. The van der Waals surface area contributed by atoms with Crippen molar-refractivity contribution in [2.24, 2.45) is 5.92 Å². The summed E-state index contributed by atoms with van der Waals surface area (Å²) in [6.45, 7) is 0. The average Bonchev–Trinajstić information content (AvgIpc) is 2.29. The lowest BCUT2D eigenvalue weighted by molar-refractivity contribution is 0.339. The Morgan fingerprint density at radius 3 is 2.53 bits per heavy atom. The highest BCUT2D eigenvalue weighted by Gasteiger charge is 2.13. The van der Waals surface area contributed by atoms with Crippen molar-refractivity contribution in [3.8, 4) is 0 Å². The molecule has 2 rings (SSSR count). The van der Waals surface area contributed by atoms with E-state index in [1.807, 2.05) is 0 Å². The summed E-state index contributed by atoms with van der Waals surface area (Å²) in [6, 6.07) is 8.80. The van der Waals surface area contributed by atoms with E-state index in [-0.39, 0.29) is 0 Å². The molecule has 1 fully saturated rings. The van der Waals surface area contributed by atoms with Crippen LogP contribution in [0.15, 0.2) is 24.3 Å². The van der Waals surface area contributed by atoms with Crippen molar-refractivity contribution in [1.82, 2.24) is 0 Å². The minimum atomic E-state index is 1.01. The van der Waals surface area contributed by atoms with Gasteiger partial charge >= 0.3 is 0 Å². The molecule has 1 heteroatoms. The van der Waals surface area contributed by atoms with Crippen LogP contribution in [-0.2, 0) is 6.42 Å².